The highest BCUT2D eigenvalue weighted by molar-refractivity contribution is 6.35. The first-order valence-electron chi connectivity index (χ1n) is 7.46. The normalized spacial score (nSPS) is 17.1. The van der Waals surface area contributed by atoms with Crippen LogP contribution in [0.4, 0.5) is 0 Å². The van der Waals surface area contributed by atoms with E-state index in [1.807, 2.05) is 31.2 Å². The number of hydrogen-bond donors (Lipinski definition) is 0. The zero-order valence-electron chi connectivity index (χ0n) is 11.9. The SMILES string of the molecule is Cc1cc(Cl)c2cccc(OC3CCCCCC3)c2n1. The number of ether oxygens (including phenoxy) is 1. The van der Waals surface area contributed by atoms with Crippen LogP contribution in [0.5, 0.6) is 5.75 Å². The first-order chi connectivity index (χ1) is 9.74. The van der Waals surface area contributed by atoms with Crippen molar-refractivity contribution in [3.63, 3.8) is 0 Å². The minimum Gasteiger partial charge on any atom is -0.488 e. The number of aryl methyl sites for hydroxylation is 1. The Labute approximate surface area is 125 Å². The molecule has 0 amide bonds. The molecule has 0 spiro atoms. The number of benzene rings is 1. The van der Waals surface area contributed by atoms with Crippen LogP contribution in [0.25, 0.3) is 10.9 Å². The van der Waals surface area contributed by atoms with Gasteiger partial charge in [0.2, 0.25) is 0 Å². The van der Waals surface area contributed by atoms with Gasteiger partial charge in [0.15, 0.2) is 0 Å². The Balaban J connectivity index is 1.94. The molecule has 0 radical (unpaired) electrons. The number of aromatic nitrogens is 1. The van der Waals surface area contributed by atoms with E-state index in [4.69, 9.17) is 16.3 Å². The van der Waals surface area contributed by atoms with Crippen LogP contribution >= 0.6 is 11.6 Å². The maximum absolute atomic E-state index is 6.31. The van der Waals surface area contributed by atoms with E-state index >= 15 is 0 Å². The maximum atomic E-state index is 6.31. The minimum atomic E-state index is 0.323. The lowest BCUT2D eigenvalue weighted by Crippen LogP contribution is -2.15. The predicted molar refractivity (Wildman–Crippen MR) is 83.6 cm³/mol. The standard InChI is InChI=1S/C17H20ClNO/c1-12-11-15(18)14-9-6-10-16(17(14)19-12)20-13-7-4-2-3-5-8-13/h6,9-11,13H,2-5,7-8H2,1H3. The summed E-state index contributed by atoms with van der Waals surface area (Å²) in [5.41, 5.74) is 1.82. The van der Waals surface area contributed by atoms with Gasteiger partial charge < -0.3 is 4.74 Å². The third-order valence-corrected chi connectivity index (χ3v) is 4.29. The molecular weight excluding hydrogens is 270 g/mol. The smallest absolute Gasteiger partial charge is 0.145 e. The lowest BCUT2D eigenvalue weighted by molar-refractivity contribution is 0.186. The van der Waals surface area contributed by atoms with Crippen LogP contribution < -0.4 is 4.74 Å². The van der Waals surface area contributed by atoms with Crippen LogP contribution in [-0.2, 0) is 0 Å². The number of hydrogen-bond acceptors (Lipinski definition) is 2. The van der Waals surface area contributed by atoms with Gasteiger partial charge in [0.05, 0.1) is 11.1 Å². The van der Waals surface area contributed by atoms with Crippen LogP contribution in [0.2, 0.25) is 5.02 Å². The van der Waals surface area contributed by atoms with Gasteiger partial charge in [0, 0.05) is 11.1 Å². The lowest BCUT2D eigenvalue weighted by atomic mass is 10.1. The van der Waals surface area contributed by atoms with Crippen molar-refractivity contribution in [2.45, 2.75) is 51.6 Å². The number of fused-ring (bicyclic) bond motifs is 1. The summed E-state index contributed by atoms with van der Waals surface area (Å²) in [5.74, 6) is 0.875. The molecule has 1 aromatic carbocycles. The van der Waals surface area contributed by atoms with Crippen molar-refractivity contribution < 1.29 is 4.74 Å². The lowest BCUT2D eigenvalue weighted by Gasteiger charge is -2.18. The summed E-state index contributed by atoms with van der Waals surface area (Å²) >= 11 is 6.31. The monoisotopic (exact) mass is 289 g/mol. The van der Waals surface area contributed by atoms with Crippen molar-refractivity contribution in [3.8, 4) is 5.75 Å². The van der Waals surface area contributed by atoms with Gasteiger partial charge in [0.1, 0.15) is 11.3 Å². The quantitative estimate of drug-likeness (QED) is 0.700. The van der Waals surface area contributed by atoms with Gasteiger partial charge in [-0.05, 0) is 44.7 Å². The minimum absolute atomic E-state index is 0.323. The third kappa shape index (κ3) is 2.90. The van der Waals surface area contributed by atoms with Crippen molar-refractivity contribution in [1.82, 2.24) is 4.98 Å². The van der Waals surface area contributed by atoms with E-state index in [1.54, 1.807) is 0 Å². The Morgan fingerprint density at radius 1 is 1.15 bits per heavy atom. The first-order valence-corrected chi connectivity index (χ1v) is 7.84. The molecule has 1 aromatic heterocycles. The predicted octanol–water partition coefficient (Wildman–Crippen LogP) is 5.30. The van der Waals surface area contributed by atoms with Gasteiger partial charge in [-0.3, -0.25) is 0 Å². The highest BCUT2D eigenvalue weighted by Crippen LogP contribution is 2.32. The summed E-state index contributed by atoms with van der Waals surface area (Å²) in [5, 5.41) is 1.72. The van der Waals surface area contributed by atoms with E-state index in [1.165, 1.54) is 25.7 Å². The second kappa shape index (κ2) is 6.01. The Hall–Kier alpha value is -1.28. The molecule has 0 aliphatic heterocycles. The summed E-state index contributed by atoms with van der Waals surface area (Å²) in [4.78, 5) is 4.62. The van der Waals surface area contributed by atoms with Crippen molar-refractivity contribution in [1.29, 1.82) is 0 Å². The highest BCUT2D eigenvalue weighted by Gasteiger charge is 2.16. The molecule has 1 fully saturated rings. The van der Waals surface area contributed by atoms with E-state index in [0.717, 1.165) is 40.2 Å². The van der Waals surface area contributed by atoms with Gasteiger partial charge in [-0.1, -0.05) is 36.6 Å². The van der Waals surface area contributed by atoms with Gasteiger partial charge in [-0.15, -0.1) is 0 Å². The molecule has 1 aliphatic carbocycles. The van der Waals surface area contributed by atoms with Gasteiger partial charge in [-0.2, -0.15) is 0 Å². The van der Waals surface area contributed by atoms with Gasteiger partial charge in [0.25, 0.3) is 0 Å². The second-order valence-corrected chi connectivity index (χ2v) is 6.04. The fourth-order valence-corrected chi connectivity index (χ4v) is 3.24. The average Bonchev–Trinajstić information content (AvgIpc) is 2.68. The molecule has 106 valence electrons. The van der Waals surface area contributed by atoms with Crippen LogP contribution in [0, 0.1) is 6.92 Å². The Morgan fingerprint density at radius 2 is 1.90 bits per heavy atom. The summed E-state index contributed by atoms with van der Waals surface area (Å²) in [6, 6.07) is 7.91. The zero-order valence-corrected chi connectivity index (χ0v) is 12.6. The van der Waals surface area contributed by atoms with Crippen LogP contribution in [-0.4, -0.2) is 11.1 Å². The molecule has 1 saturated carbocycles. The molecule has 1 heterocycles. The molecule has 0 saturated heterocycles. The number of pyridine rings is 1. The molecule has 1 aliphatic rings. The molecule has 3 rings (SSSR count). The number of para-hydroxylation sites is 1. The van der Waals surface area contributed by atoms with Crippen molar-refractivity contribution in [2.24, 2.45) is 0 Å². The van der Waals surface area contributed by atoms with Gasteiger partial charge >= 0.3 is 0 Å². The largest absolute Gasteiger partial charge is 0.488 e. The van der Waals surface area contributed by atoms with Crippen LogP contribution in [0.15, 0.2) is 24.3 Å². The van der Waals surface area contributed by atoms with E-state index in [-0.39, 0.29) is 0 Å². The molecular formula is C17H20ClNO. The van der Waals surface area contributed by atoms with E-state index in [2.05, 4.69) is 4.98 Å². The molecule has 3 heteroatoms. The maximum Gasteiger partial charge on any atom is 0.145 e. The first kappa shape index (κ1) is 13.7. The molecule has 0 N–H and O–H groups in total. The third-order valence-electron chi connectivity index (χ3n) is 3.98. The molecule has 0 unspecified atom stereocenters. The van der Waals surface area contributed by atoms with E-state index in [9.17, 15) is 0 Å². The number of rotatable bonds is 2. The fourth-order valence-electron chi connectivity index (χ4n) is 2.93. The summed E-state index contributed by atoms with van der Waals surface area (Å²) in [6.07, 6.45) is 7.82. The molecule has 0 atom stereocenters. The van der Waals surface area contributed by atoms with E-state index < -0.39 is 0 Å². The van der Waals surface area contributed by atoms with Crippen molar-refractivity contribution in [2.75, 3.05) is 0 Å². The molecule has 20 heavy (non-hydrogen) atoms. The van der Waals surface area contributed by atoms with Crippen LogP contribution in [0.1, 0.15) is 44.2 Å². The summed E-state index contributed by atoms with van der Waals surface area (Å²) < 4.78 is 6.24. The van der Waals surface area contributed by atoms with Crippen molar-refractivity contribution >= 4 is 22.5 Å². The van der Waals surface area contributed by atoms with E-state index in [0.29, 0.717) is 6.10 Å². The fraction of sp³-hybridized carbons (Fsp3) is 0.471. The van der Waals surface area contributed by atoms with Crippen LogP contribution in [0.3, 0.4) is 0 Å². The topological polar surface area (TPSA) is 22.1 Å². The molecule has 0 bridgehead atoms. The van der Waals surface area contributed by atoms with Crippen molar-refractivity contribution in [3.05, 3.63) is 35.0 Å². The number of halogens is 1. The number of nitrogens with zero attached hydrogens (tertiary/aromatic N) is 1. The Bertz CT molecular complexity index is 603. The molecule has 2 aromatic rings. The average molecular weight is 290 g/mol. The molecule has 2 nitrogen and oxygen atoms in total. The Morgan fingerprint density at radius 3 is 2.65 bits per heavy atom. The zero-order chi connectivity index (χ0) is 13.9. The summed E-state index contributed by atoms with van der Waals surface area (Å²) in [6.45, 7) is 1.97. The van der Waals surface area contributed by atoms with Gasteiger partial charge in [-0.25, -0.2) is 4.98 Å². The highest BCUT2D eigenvalue weighted by atomic mass is 35.5. The second-order valence-electron chi connectivity index (χ2n) is 5.63. The Kier molecular flexibility index (Phi) is 4.11. The summed E-state index contributed by atoms with van der Waals surface area (Å²) in [7, 11) is 0.